The van der Waals surface area contributed by atoms with Crippen LogP contribution in [0.2, 0.25) is 0 Å². The molecule has 1 amide bonds. The van der Waals surface area contributed by atoms with Gasteiger partial charge >= 0.3 is 0 Å². The number of likely N-dealkylation sites (tertiary alicyclic amines) is 1. The molecule has 0 aromatic carbocycles. The van der Waals surface area contributed by atoms with Crippen molar-refractivity contribution < 1.29 is 9.53 Å². The van der Waals surface area contributed by atoms with Crippen molar-refractivity contribution in [2.24, 2.45) is 11.8 Å². The fourth-order valence-electron chi connectivity index (χ4n) is 2.23. The highest BCUT2D eigenvalue weighted by atomic mass is 16.5. The zero-order valence-electron chi connectivity index (χ0n) is 8.87. The summed E-state index contributed by atoms with van der Waals surface area (Å²) >= 11 is 0. The van der Waals surface area contributed by atoms with E-state index >= 15 is 0 Å². The molecule has 14 heavy (non-hydrogen) atoms. The Labute approximate surface area is 85.4 Å². The summed E-state index contributed by atoms with van der Waals surface area (Å²) in [6.45, 7) is 2.69. The van der Waals surface area contributed by atoms with Crippen LogP contribution >= 0.6 is 0 Å². The zero-order chi connectivity index (χ0) is 9.97. The zero-order valence-corrected chi connectivity index (χ0v) is 8.87. The molecule has 1 heterocycles. The van der Waals surface area contributed by atoms with E-state index in [0.717, 1.165) is 39.0 Å². The molecule has 2 fully saturated rings. The molecular weight excluding hydrogens is 178 g/mol. The van der Waals surface area contributed by atoms with Gasteiger partial charge in [-0.2, -0.15) is 0 Å². The Morgan fingerprint density at radius 2 is 2.21 bits per heavy atom. The highest BCUT2D eigenvalue weighted by Gasteiger charge is 2.35. The maximum atomic E-state index is 11.8. The van der Waals surface area contributed by atoms with E-state index in [-0.39, 0.29) is 0 Å². The van der Waals surface area contributed by atoms with Gasteiger partial charge in [0.05, 0.1) is 6.61 Å². The monoisotopic (exact) mass is 197 g/mol. The first-order valence-electron chi connectivity index (χ1n) is 5.59. The van der Waals surface area contributed by atoms with Gasteiger partial charge in [0.2, 0.25) is 5.91 Å². The van der Waals surface area contributed by atoms with Gasteiger partial charge in [-0.1, -0.05) is 0 Å². The SMILES string of the molecule is COCC1CCCN(C(=O)C2CC2)C1. The Morgan fingerprint density at radius 1 is 1.43 bits per heavy atom. The molecule has 0 radical (unpaired) electrons. The summed E-state index contributed by atoms with van der Waals surface area (Å²) in [7, 11) is 1.74. The van der Waals surface area contributed by atoms with Gasteiger partial charge in [0.1, 0.15) is 0 Å². The summed E-state index contributed by atoms with van der Waals surface area (Å²) in [5.41, 5.74) is 0. The lowest BCUT2D eigenvalue weighted by molar-refractivity contribution is -0.134. The lowest BCUT2D eigenvalue weighted by Crippen LogP contribution is -2.41. The van der Waals surface area contributed by atoms with Gasteiger partial charge in [-0.3, -0.25) is 4.79 Å². The summed E-state index contributed by atoms with van der Waals surface area (Å²) in [6.07, 6.45) is 4.59. The molecule has 1 saturated carbocycles. The number of rotatable bonds is 3. The third kappa shape index (κ3) is 2.27. The van der Waals surface area contributed by atoms with E-state index in [1.807, 2.05) is 4.90 Å². The lowest BCUT2D eigenvalue weighted by atomic mass is 9.98. The molecule has 1 saturated heterocycles. The smallest absolute Gasteiger partial charge is 0.225 e. The van der Waals surface area contributed by atoms with Gasteiger partial charge < -0.3 is 9.64 Å². The maximum Gasteiger partial charge on any atom is 0.225 e. The van der Waals surface area contributed by atoms with Crippen LogP contribution in [0.5, 0.6) is 0 Å². The summed E-state index contributed by atoms with van der Waals surface area (Å²) in [6, 6.07) is 0. The van der Waals surface area contributed by atoms with Crippen LogP contribution in [0.4, 0.5) is 0 Å². The number of hydrogen-bond donors (Lipinski definition) is 0. The average molecular weight is 197 g/mol. The van der Waals surface area contributed by atoms with Crippen LogP contribution < -0.4 is 0 Å². The second-order valence-corrected chi connectivity index (χ2v) is 4.52. The molecule has 3 heteroatoms. The molecule has 3 nitrogen and oxygen atoms in total. The van der Waals surface area contributed by atoms with Crippen molar-refractivity contribution in [2.45, 2.75) is 25.7 Å². The molecule has 0 bridgehead atoms. The Bertz CT molecular complexity index is 211. The van der Waals surface area contributed by atoms with Crippen molar-refractivity contribution in [3.63, 3.8) is 0 Å². The molecular formula is C11H19NO2. The molecule has 0 aromatic heterocycles. The van der Waals surface area contributed by atoms with Crippen LogP contribution in [-0.2, 0) is 9.53 Å². The van der Waals surface area contributed by atoms with Crippen LogP contribution in [-0.4, -0.2) is 37.6 Å². The molecule has 1 unspecified atom stereocenters. The minimum absolute atomic E-state index is 0.372. The standard InChI is InChI=1S/C11H19NO2/c1-14-8-9-3-2-6-12(7-9)11(13)10-4-5-10/h9-10H,2-8H2,1H3. The number of nitrogens with zero attached hydrogens (tertiary/aromatic N) is 1. The predicted octanol–water partition coefficient (Wildman–Crippen LogP) is 1.28. The van der Waals surface area contributed by atoms with Crippen molar-refractivity contribution in [1.82, 2.24) is 4.90 Å². The average Bonchev–Trinajstić information content (AvgIpc) is 3.01. The van der Waals surface area contributed by atoms with E-state index in [4.69, 9.17) is 4.74 Å². The number of piperidine rings is 1. The Balaban J connectivity index is 1.83. The van der Waals surface area contributed by atoms with Crippen LogP contribution in [0.3, 0.4) is 0 Å². The number of carbonyl (C=O) groups excluding carboxylic acids is 1. The molecule has 0 spiro atoms. The van der Waals surface area contributed by atoms with Gasteiger partial charge in [0.25, 0.3) is 0 Å². The van der Waals surface area contributed by atoms with Crippen LogP contribution in [0.25, 0.3) is 0 Å². The number of ether oxygens (including phenoxy) is 1. The van der Waals surface area contributed by atoms with E-state index in [9.17, 15) is 4.79 Å². The van der Waals surface area contributed by atoms with Crippen molar-refractivity contribution in [3.8, 4) is 0 Å². The van der Waals surface area contributed by atoms with E-state index in [2.05, 4.69) is 0 Å². The van der Waals surface area contributed by atoms with Gasteiger partial charge in [0.15, 0.2) is 0 Å². The highest BCUT2D eigenvalue weighted by molar-refractivity contribution is 5.81. The van der Waals surface area contributed by atoms with Crippen LogP contribution in [0.1, 0.15) is 25.7 Å². The van der Waals surface area contributed by atoms with Crippen molar-refractivity contribution in [2.75, 3.05) is 26.8 Å². The van der Waals surface area contributed by atoms with Crippen molar-refractivity contribution >= 4 is 5.91 Å². The largest absolute Gasteiger partial charge is 0.384 e. The predicted molar refractivity (Wildman–Crippen MR) is 53.9 cm³/mol. The summed E-state index contributed by atoms with van der Waals surface area (Å²) in [4.78, 5) is 13.8. The molecule has 0 N–H and O–H groups in total. The number of carbonyl (C=O) groups is 1. The van der Waals surface area contributed by atoms with E-state index in [0.29, 0.717) is 17.7 Å². The van der Waals surface area contributed by atoms with E-state index in [1.54, 1.807) is 7.11 Å². The number of amides is 1. The normalized spacial score (nSPS) is 27.8. The second-order valence-electron chi connectivity index (χ2n) is 4.52. The summed E-state index contributed by atoms with van der Waals surface area (Å²) in [5.74, 6) is 1.33. The molecule has 1 aliphatic carbocycles. The number of methoxy groups -OCH3 is 1. The van der Waals surface area contributed by atoms with Crippen LogP contribution in [0.15, 0.2) is 0 Å². The van der Waals surface area contributed by atoms with Crippen molar-refractivity contribution in [1.29, 1.82) is 0 Å². The molecule has 2 rings (SSSR count). The minimum atomic E-state index is 0.372. The fourth-order valence-corrected chi connectivity index (χ4v) is 2.23. The van der Waals surface area contributed by atoms with Gasteiger partial charge in [-0.05, 0) is 31.6 Å². The highest BCUT2D eigenvalue weighted by Crippen LogP contribution is 2.32. The molecule has 0 aromatic rings. The van der Waals surface area contributed by atoms with Gasteiger partial charge in [-0.25, -0.2) is 0 Å². The first kappa shape index (κ1) is 9.97. The summed E-state index contributed by atoms with van der Waals surface area (Å²) < 4.78 is 5.15. The quantitative estimate of drug-likeness (QED) is 0.682. The Hall–Kier alpha value is -0.570. The third-order valence-corrected chi connectivity index (χ3v) is 3.16. The van der Waals surface area contributed by atoms with E-state index < -0.39 is 0 Å². The first-order valence-corrected chi connectivity index (χ1v) is 5.59. The van der Waals surface area contributed by atoms with Crippen molar-refractivity contribution in [3.05, 3.63) is 0 Å². The molecule has 1 atom stereocenters. The van der Waals surface area contributed by atoms with Crippen LogP contribution in [0, 0.1) is 11.8 Å². The minimum Gasteiger partial charge on any atom is -0.384 e. The molecule has 1 aliphatic heterocycles. The molecule has 2 aliphatic rings. The maximum absolute atomic E-state index is 11.8. The summed E-state index contributed by atoms with van der Waals surface area (Å²) in [5, 5.41) is 0. The van der Waals surface area contributed by atoms with Gasteiger partial charge in [-0.15, -0.1) is 0 Å². The number of hydrogen-bond acceptors (Lipinski definition) is 2. The molecule has 80 valence electrons. The topological polar surface area (TPSA) is 29.5 Å². The Kier molecular flexibility index (Phi) is 3.06. The second kappa shape index (κ2) is 4.30. The van der Waals surface area contributed by atoms with Gasteiger partial charge in [0, 0.05) is 26.1 Å². The van der Waals surface area contributed by atoms with E-state index in [1.165, 1.54) is 6.42 Å². The lowest BCUT2D eigenvalue weighted by Gasteiger charge is -2.32. The first-order chi connectivity index (χ1) is 6.81. The Morgan fingerprint density at radius 3 is 2.86 bits per heavy atom. The fraction of sp³-hybridized carbons (Fsp3) is 0.909. The third-order valence-electron chi connectivity index (χ3n) is 3.16.